The number of benzene rings is 1. The number of para-hydroxylation sites is 1. The summed E-state index contributed by atoms with van der Waals surface area (Å²) in [5, 5.41) is 3.00. The van der Waals surface area contributed by atoms with Crippen molar-refractivity contribution in [1.82, 2.24) is 10.2 Å². The van der Waals surface area contributed by atoms with Crippen LogP contribution in [-0.2, 0) is 4.79 Å². The maximum absolute atomic E-state index is 13.0. The SMILES string of the molecule is O=C(NCC1CC1)C1CN(C(=O)c2ccccc2OC(F)(F)F)CC12CCC2. The average molecular weight is 396 g/mol. The van der Waals surface area contributed by atoms with Crippen molar-refractivity contribution in [3.05, 3.63) is 29.8 Å². The molecule has 1 N–H and O–H groups in total. The minimum atomic E-state index is -4.87. The molecule has 1 heterocycles. The third kappa shape index (κ3) is 3.82. The molecule has 1 atom stereocenters. The van der Waals surface area contributed by atoms with Gasteiger partial charge in [-0.15, -0.1) is 13.2 Å². The zero-order chi connectivity index (χ0) is 19.9. The first kappa shape index (κ1) is 19.1. The molecule has 1 aliphatic heterocycles. The molecule has 5 nitrogen and oxygen atoms in total. The lowest BCUT2D eigenvalue weighted by Gasteiger charge is -2.41. The Morgan fingerprint density at radius 1 is 1.21 bits per heavy atom. The van der Waals surface area contributed by atoms with Gasteiger partial charge in [0.2, 0.25) is 5.91 Å². The Labute approximate surface area is 161 Å². The topological polar surface area (TPSA) is 58.6 Å². The number of carbonyl (C=O) groups excluding carboxylic acids is 2. The zero-order valence-corrected chi connectivity index (χ0v) is 15.4. The van der Waals surface area contributed by atoms with E-state index in [1.165, 1.54) is 23.1 Å². The molecule has 1 aromatic rings. The largest absolute Gasteiger partial charge is 0.573 e. The average Bonchev–Trinajstić information content (AvgIpc) is 3.33. The quantitative estimate of drug-likeness (QED) is 0.831. The first-order valence-electron chi connectivity index (χ1n) is 9.69. The van der Waals surface area contributed by atoms with E-state index in [1.54, 1.807) is 0 Å². The molecule has 0 bridgehead atoms. The maximum Gasteiger partial charge on any atom is 0.573 e. The van der Waals surface area contributed by atoms with Crippen LogP contribution in [0.1, 0.15) is 42.5 Å². The molecular weight excluding hydrogens is 373 g/mol. The van der Waals surface area contributed by atoms with Gasteiger partial charge in [-0.2, -0.15) is 0 Å². The lowest BCUT2D eigenvalue weighted by molar-refractivity contribution is -0.274. The third-order valence-electron chi connectivity index (χ3n) is 6.21. The Morgan fingerprint density at radius 2 is 1.93 bits per heavy atom. The number of halogens is 3. The van der Waals surface area contributed by atoms with Crippen LogP contribution in [0, 0.1) is 17.3 Å². The van der Waals surface area contributed by atoms with Crippen molar-refractivity contribution in [2.24, 2.45) is 17.3 Å². The Morgan fingerprint density at radius 3 is 2.54 bits per heavy atom. The summed E-state index contributed by atoms with van der Waals surface area (Å²) in [6.45, 7) is 1.30. The standard InChI is InChI=1S/C20H23F3N2O3/c21-20(22,23)28-16-5-2-1-4-14(16)18(27)25-11-15(19(12-25)8-3-9-19)17(26)24-10-13-6-7-13/h1-2,4-5,13,15H,3,6-12H2,(H,24,26). The summed E-state index contributed by atoms with van der Waals surface area (Å²) in [7, 11) is 0. The van der Waals surface area contributed by atoms with E-state index in [0.29, 0.717) is 19.0 Å². The molecule has 2 saturated carbocycles. The molecule has 2 amide bonds. The van der Waals surface area contributed by atoms with Gasteiger partial charge in [-0.25, -0.2) is 0 Å². The van der Waals surface area contributed by atoms with Crippen molar-refractivity contribution in [1.29, 1.82) is 0 Å². The van der Waals surface area contributed by atoms with Crippen LogP contribution in [0.2, 0.25) is 0 Å². The van der Waals surface area contributed by atoms with Gasteiger partial charge in [0.25, 0.3) is 5.91 Å². The van der Waals surface area contributed by atoms with Crippen LogP contribution in [0.3, 0.4) is 0 Å². The molecule has 3 fully saturated rings. The molecule has 152 valence electrons. The van der Waals surface area contributed by atoms with Gasteiger partial charge in [0.05, 0.1) is 11.5 Å². The van der Waals surface area contributed by atoms with Crippen LogP contribution in [-0.4, -0.2) is 42.7 Å². The second kappa shape index (κ2) is 6.97. The maximum atomic E-state index is 13.0. The van der Waals surface area contributed by atoms with Gasteiger partial charge in [0.15, 0.2) is 0 Å². The second-order valence-electron chi connectivity index (χ2n) is 8.19. The fourth-order valence-corrected chi connectivity index (χ4v) is 4.34. The molecule has 1 spiro atoms. The number of ether oxygens (including phenoxy) is 1. The summed E-state index contributed by atoms with van der Waals surface area (Å²) in [6, 6.07) is 5.36. The lowest BCUT2D eigenvalue weighted by atomic mass is 9.62. The predicted molar refractivity (Wildman–Crippen MR) is 94.5 cm³/mol. The first-order chi connectivity index (χ1) is 13.3. The normalized spacial score (nSPS) is 23.4. The van der Waals surface area contributed by atoms with Gasteiger partial charge in [0.1, 0.15) is 5.75 Å². The zero-order valence-electron chi connectivity index (χ0n) is 15.4. The molecule has 28 heavy (non-hydrogen) atoms. The van der Waals surface area contributed by atoms with Crippen LogP contribution >= 0.6 is 0 Å². The van der Waals surface area contributed by atoms with E-state index in [-0.39, 0.29) is 29.3 Å². The van der Waals surface area contributed by atoms with Gasteiger partial charge < -0.3 is 15.0 Å². The van der Waals surface area contributed by atoms with Crippen molar-refractivity contribution in [3.63, 3.8) is 0 Å². The van der Waals surface area contributed by atoms with E-state index in [0.717, 1.165) is 38.2 Å². The monoisotopic (exact) mass is 396 g/mol. The number of likely N-dealkylation sites (tertiary alicyclic amines) is 1. The Bertz CT molecular complexity index is 772. The fourth-order valence-electron chi connectivity index (χ4n) is 4.34. The molecule has 4 rings (SSSR count). The van der Waals surface area contributed by atoms with Crippen molar-refractivity contribution >= 4 is 11.8 Å². The van der Waals surface area contributed by atoms with Crippen molar-refractivity contribution in [3.8, 4) is 5.75 Å². The molecule has 1 aromatic carbocycles. The second-order valence-corrected chi connectivity index (χ2v) is 8.19. The van der Waals surface area contributed by atoms with Crippen molar-refractivity contribution < 1.29 is 27.5 Å². The number of hydrogen-bond donors (Lipinski definition) is 1. The highest BCUT2D eigenvalue weighted by Gasteiger charge is 2.54. The van der Waals surface area contributed by atoms with Gasteiger partial charge in [-0.3, -0.25) is 9.59 Å². The lowest BCUT2D eigenvalue weighted by Crippen LogP contribution is -2.45. The smallest absolute Gasteiger partial charge is 0.405 e. The van der Waals surface area contributed by atoms with Crippen LogP contribution in [0.25, 0.3) is 0 Å². The number of rotatable bonds is 5. The summed E-state index contributed by atoms with van der Waals surface area (Å²) in [6.07, 6.45) is 0.120. The first-order valence-corrected chi connectivity index (χ1v) is 9.69. The molecule has 0 aromatic heterocycles. The Kier molecular flexibility index (Phi) is 4.75. The number of alkyl halides is 3. The molecule has 8 heteroatoms. The van der Waals surface area contributed by atoms with E-state index in [4.69, 9.17) is 0 Å². The minimum absolute atomic E-state index is 0.0401. The third-order valence-corrected chi connectivity index (χ3v) is 6.21. The van der Waals surface area contributed by atoms with E-state index >= 15 is 0 Å². The highest BCUT2D eigenvalue weighted by Crippen LogP contribution is 2.52. The number of nitrogens with one attached hydrogen (secondary N) is 1. The van der Waals surface area contributed by atoms with Crippen molar-refractivity contribution in [2.45, 2.75) is 38.5 Å². The molecule has 1 saturated heterocycles. The number of nitrogens with zero attached hydrogens (tertiary/aromatic N) is 1. The van der Waals surface area contributed by atoms with Crippen LogP contribution in [0.4, 0.5) is 13.2 Å². The summed E-state index contributed by atoms with van der Waals surface area (Å²) in [5.41, 5.74) is -0.378. The molecular formula is C20H23F3N2O3. The van der Waals surface area contributed by atoms with Gasteiger partial charge in [-0.1, -0.05) is 18.6 Å². The summed E-state index contributed by atoms with van der Waals surface area (Å²) in [4.78, 5) is 27.2. The van der Waals surface area contributed by atoms with Gasteiger partial charge in [0, 0.05) is 25.0 Å². The van der Waals surface area contributed by atoms with E-state index in [2.05, 4.69) is 10.1 Å². The molecule has 3 aliphatic rings. The van der Waals surface area contributed by atoms with E-state index < -0.39 is 18.0 Å². The Hall–Kier alpha value is -2.25. The highest BCUT2D eigenvalue weighted by molar-refractivity contribution is 5.97. The fraction of sp³-hybridized carbons (Fsp3) is 0.600. The number of amides is 2. The van der Waals surface area contributed by atoms with E-state index in [1.807, 2.05) is 0 Å². The van der Waals surface area contributed by atoms with Crippen LogP contribution < -0.4 is 10.1 Å². The summed E-state index contributed by atoms with van der Waals surface area (Å²) < 4.78 is 42.0. The Balaban J connectivity index is 1.50. The molecule has 0 radical (unpaired) electrons. The van der Waals surface area contributed by atoms with Gasteiger partial charge in [-0.05, 0) is 43.7 Å². The predicted octanol–water partition coefficient (Wildman–Crippen LogP) is 3.35. The molecule has 2 aliphatic carbocycles. The summed E-state index contributed by atoms with van der Waals surface area (Å²) >= 11 is 0. The molecule has 1 unspecified atom stereocenters. The highest BCUT2D eigenvalue weighted by atomic mass is 19.4. The van der Waals surface area contributed by atoms with E-state index in [9.17, 15) is 22.8 Å². The summed E-state index contributed by atoms with van der Waals surface area (Å²) in [5.74, 6) is -0.818. The van der Waals surface area contributed by atoms with Crippen LogP contribution in [0.5, 0.6) is 5.75 Å². The minimum Gasteiger partial charge on any atom is -0.405 e. The van der Waals surface area contributed by atoms with Crippen LogP contribution in [0.15, 0.2) is 24.3 Å². The van der Waals surface area contributed by atoms with Crippen molar-refractivity contribution in [2.75, 3.05) is 19.6 Å². The number of carbonyl (C=O) groups is 2. The van der Waals surface area contributed by atoms with Gasteiger partial charge >= 0.3 is 6.36 Å². The number of hydrogen-bond acceptors (Lipinski definition) is 3.